The van der Waals surface area contributed by atoms with Crippen molar-refractivity contribution in [3.8, 4) is 11.5 Å². The monoisotopic (exact) mass is 504 g/mol. The first kappa shape index (κ1) is 30.4. The van der Waals surface area contributed by atoms with Crippen molar-refractivity contribution in [2.75, 3.05) is 12.3 Å². The number of thiol groups is 1. The van der Waals surface area contributed by atoms with E-state index in [-0.39, 0.29) is 36.5 Å². The first-order valence-corrected chi connectivity index (χ1v) is 10.3. The van der Waals surface area contributed by atoms with Crippen LogP contribution in [0.15, 0.2) is 18.2 Å². The molecule has 11 N–H and O–H groups in total. The Morgan fingerprint density at radius 3 is 2.00 bits per heavy atom. The summed E-state index contributed by atoms with van der Waals surface area (Å²) in [5.74, 6) is -5.32. The van der Waals surface area contributed by atoms with E-state index in [0.717, 1.165) is 0 Å². The summed E-state index contributed by atoms with van der Waals surface area (Å²) in [5.41, 5.74) is 11.1. The number of benzene rings is 1. The maximum absolute atomic E-state index is 11.5. The lowest BCUT2D eigenvalue weighted by Crippen LogP contribution is -2.49. The van der Waals surface area contributed by atoms with Crippen molar-refractivity contribution in [2.24, 2.45) is 11.5 Å². The van der Waals surface area contributed by atoms with Gasteiger partial charge in [0.1, 0.15) is 24.7 Å². The Kier molecular flexibility index (Phi) is 13.7. The van der Waals surface area contributed by atoms with Gasteiger partial charge in [-0.1, -0.05) is 6.07 Å². The van der Waals surface area contributed by atoms with Gasteiger partial charge in [0.15, 0.2) is 11.5 Å². The van der Waals surface area contributed by atoms with E-state index >= 15 is 0 Å². The van der Waals surface area contributed by atoms with Crippen molar-refractivity contribution in [1.82, 2.24) is 10.6 Å². The number of nitrogens with one attached hydrogen (secondary N) is 2. The molecule has 0 fully saturated rings. The number of hydrogen-bond donors (Lipinski definition) is 10. The third kappa shape index (κ3) is 12.5. The molecule has 0 aromatic heterocycles. The van der Waals surface area contributed by atoms with Crippen LogP contribution < -0.4 is 22.1 Å². The highest BCUT2D eigenvalue weighted by atomic mass is 32.1. The molecule has 1 unspecified atom stereocenters. The smallest absolute Gasteiger partial charge is 0.322 e. The van der Waals surface area contributed by atoms with E-state index in [2.05, 4.69) is 23.3 Å². The fourth-order valence-electron chi connectivity index (χ4n) is 2.19. The lowest BCUT2D eigenvalue weighted by Gasteiger charge is -2.16. The van der Waals surface area contributed by atoms with E-state index < -0.39 is 54.4 Å². The standard InChI is InChI=1S/C10H17N3O6S.C9H11NO4/c11-5(10(18)19)1-2-7(14)13-6(4-20)9(17)12-3-8(15)16;10-6(9(13)14)3-5-1-2-7(11)8(12)4-5/h5-6,20H,1-4,11H2,(H,12,17)(H,13,14)(H,15,16)(H,18,19);1-2,4,6,11-12H,3,10H2,(H,13,14)/t5-,6-;/m0./s1. The van der Waals surface area contributed by atoms with Gasteiger partial charge in [-0.05, 0) is 30.5 Å². The normalized spacial score (nSPS) is 12.8. The number of hydrogen-bond acceptors (Lipinski definition) is 10. The molecule has 0 bridgehead atoms. The van der Waals surface area contributed by atoms with Crippen LogP contribution in [0.1, 0.15) is 18.4 Å². The van der Waals surface area contributed by atoms with Crippen molar-refractivity contribution >= 4 is 42.4 Å². The molecule has 0 saturated heterocycles. The van der Waals surface area contributed by atoms with Crippen molar-refractivity contribution in [1.29, 1.82) is 0 Å². The Hall–Kier alpha value is -3.56. The highest BCUT2D eigenvalue weighted by molar-refractivity contribution is 7.80. The molecule has 2 amide bonds. The Bertz CT molecular complexity index is 883. The number of aliphatic carboxylic acids is 3. The zero-order valence-electron chi connectivity index (χ0n) is 17.9. The fourth-order valence-corrected chi connectivity index (χ4v) is 2.45. The number of carboxylic acids is 3. The van der Waals surface area contributed by atoms with Crippen LogP contribution in [-0.2, 0) is 30.4 Å². The van der Waals surface area contributed by atoms with Crippen LogP contribution in [0, 0.1) is 0 Å². The Morgan fingerprint density at radius 1 is 0.941 bits per heavy atom. The molecule has 0 heterocycles. The van der Waals surface area contributed by atoms with Gasteiger partial charge in [0.25, 0.3) is 0 Å². The van der Waals surface area contributed by atoms with E-state index in [4.69, 9.17) is 37.0 Å². The minimum Gasteiger partial charge on any atom is -0.504 e. The molecule has 0 aliphatic carbocycles. The highest BCUT2D eigenvalue weighted by Gasteiger charge is 2.21. The van der Waals surface area contributed by atoms with Crippen LogP contribution in [0.5, 0.6) is 11.5 Å². The van der Waals surface area contributed by atoms with Gasteiger partial charge in [0.2, 0.25) is 11.8 Å². The van der Waals surface area contributed by atoms with Crippen molar-refractivity contribution < 1.29 is 49.5 Å². The van der Waals surface area contributed by atoms with Crippen LogP contribution in [-0.4, -0.2) is 85.7 Å². The summed E-state index contributed by atoms with van der Waals surface area (Å²) in [6.45, 7) is -0.567. The second-order valence-corrected chi connectivity index (χ2v) is 7.23. The molecule has 1 rings (SSSR count). The molecular weight excluding hydrogens is 476 g/mol. The number of phenolic OH excluding ortho intramolecular Hbond substituents is 2. The van der Waals surface area contributed by atoms with Crippen LogP contribution in [0.25, 0.3) is 0 Å². The number of amides is 2. The van der Waals surface area contributed by atoms with Crippen molar-refractivity contribution in [3.63, 3.8) is 0 Å². The summed E-state index contributed by atoms with van der Waals surface area (Å²) in [7, 11) is 0. The van der Waals surface area contributed by atoms with E-state index in [0.29, 0.717) is 5.56 Å². The lowest BCUT2D eigenvalue weighted by atomic mass is 10.1. The average molecular weight is 505 g/mol. The molecule has 0 saturated carbocycles. The summed E-state index contributed by atoms with van der Waals surface area (Å²) in [6.07, 6.45) is -0.121. The first-order chi connectivity index (χ1) is 15.8. The lowest BCUT2D eigenvalue weighted by molar-refractivity contribution is -0.139. The predicted octanol–water partition coefficient (Wildman–Crippen LogP) is -2.15. The van der Waals surface area contributed by atoms with Crippen LogP contribution in [0.4, 0.5) is 0 Å². The summed E-state index contributed by atoms with van der Waals surface area (Å²) in [4.78, 5) is 54.2. The van der Waals surface area contributed by atoms with Gasteiger partial charge in [-0.15, -0.1) is 0 Å². The minimum absolute atomic E-state index is 0.0256. The van der Waals surface area contributed by atoms with Crippen LogP contribution >= 0.6 is 12.6 Å². The minimum atomic E-state index is -1.22. The number of aromatic hydroxyl groups is 2. The number of phenols is 2. The molecule has 1 aromatic rings. The summed E-state index contributed by atoms with van der Waals surface area (Å²) >= 11 is 3.87. The molecule has 190 valence electrons. The number of rotatable bonds is 12. The molecule has 0 radical (unpaired) electrons. The molecule has 3 atom stereocenters. The van der Waals surface area contributed by atoms with Gasteiger partial charge in [0, 0.05) is 12.2 Å². The zero-order valence-corrected chi connectivity index (χ0v) is 18.8. The zero-order chi connectivity index (χ0) is 26.4. The third-order valence-corrected chi connectivity index (χ3v) is 4.43. The largest absolute Gasteiger partial charge is 0.504 e. The van der Waals surface area contributed by atoms with E-state index in [1.807, 2.05) is 0 Å². The summed E-state index contributed by atoms with van der Waals surface area (Å²) < 4.78 is 0. The molecule has 0 spiro atoms. The number of carbonyl (C=O) groups is 5. The molecule has 1 aromatic carbocycles. The number of carboxylic acid groups (broad SMARTS) is 3. The van der Waals surface area contributed by atoms with Gasteiger partial charge in [-0.3, -0.25) is 24.0 Å². The fraction of sp³-hybridized carbons (Fsp3) is 0.421. The second kappa shape index (κ2) is 15.3. The van der Waals surface area contributed by atoms with Crippen molar-refractivity contribution in [2.45, 2.75) is 37.4 Å². The Labute approximate surface area is 199 Å². The molecule has 15 heteroatoms. The summed E-state index contributed by atoms with van der Waals surface area (Å²) in [6, 6.07) is 0.941. The number of carbonyl (C=O) groups excluding carboxylic acids is 2. The van der Waals surface area contributed by atoms with Crippen LogP contribution in [0.2, 0.25) is 0 Å². The topological polar surface area (TPSA) is 263 Å². The summed E-state index contributed by atoms with van der Waals surface area (Å²) in [5, 5.41) is 48.0. The quantitative estimate of drug-likeness (QED) is 0.108. The maximum atomic E-state index is 11.5. The molecule has 0 aliphatic heterocycles. The van der Waals surface area contributed by atoms with E-state index in [1.54, 1.807) is 0 Å². The average Bonchev–Trinajstić information content (AvgIpc) is 2.76. The van der Waals surface area contributed by atoms with Gasteiger partial charge < -0.3 is 47.6 Å². The SMILES string of the molecule is NC(Cc1ccc(O)c(O)c1)C(=O)O.N[C@@H](CCC(=O)N[C@@H](CS)C(=O)NCC(=O)O)C(=O)O. The highest BCUT2D eigenvalue weighted by Crippen LogP contribution is 2.25. The van der Waals surface area contributed by atoms with E-state index in [9.17, 15) is 24.0 Å². The predicted molar refractivity (Wildman–Crippen MR) is 120 cm³/mol. The van der Waals surface area contributed by atoms with Gasteiger partial charge >= 0.3 is 17.9 Å². The molecular formula is C19H28N4O10S. The van der Waals surface area contributed by atoms with Crippen molar-refractivity contribution in [3.05, 3.63) is 23.8 Å². The van der Waals surface area contributed by atoms with Crippen LogP contribution in [0.3, 0.4) is 0 Å². The Morgan fingerprint density at radius 2 is 1.53 bits per heavy atom. The van der Waals surface area contributed by atoms with E-state index in [1.165, 1.54) is 18.2 Å². The van der Waals surface area contributed by atoms with Gasteiger partial charge in [-0.2, -0.15) is 12.6 Å². The second-order valence-electron chi connectivity index (χ2n) is 6.87. The van der Waals surface area contributed by atoms with Gasteiger partial charge in [0.05, 0.1) is 0 Å². The molecule has 0 aliphatic rings. The van der Waals surface area contributed by atoms with Gasteiger partial charge in [-0.25, -0.2) is 0 Å². The Balaban J connectivity index is 0.000000679. The maximum Gasteiger partial charge on any atom is 0.322 e. The third-order valence-electron chi connectivity index (χ3n) is 4.06. The molecule has 34 heavy (non-hydrogen) atoms. The first-order valence-electron chi connectivity index (χ1n) is 9.65. The molecule has 14 nitrogen and oxygen atoms in total. The number of nitrogens with two attached hydrogens (primary N) is 2.